The molecule has 2 rings (SSSR count). The van der Waals surface area contributed by atoms with Crippen molar-refractivity contribution in [3.63, 3.8) is 0 Å². The summed E-state index contributed by atoms with van der Waals surface area (Å²) in [6.45, 7) is 5.43. The van der Waals surface area contributed by atoms with Gasteiger partial charge in [-0.2, -0.15) is 5.26 Å². The summed E-state index contributed by atoms with van der Waals surface area (Å²) in [4.78, 5) is 35.1. The van der Waals surface area contributed by atoms with Gasteiger partial charge in [0.2, 0.25) is 0 Å². The first-order chi connectivity index (χ1) is 13.9. The van der Waals surface area contributed by atoms with E-state index in [0.717, 1.165) is 29.8 Å². The second kappa shape index (κ2) is 10.5. The number of nitriles is 1. The Balaban J connectivity index is 2.07. The number of rotatable bonds is 6. The van der Waals surface area contributed by atoms with Crippen molar-refractivity contribution in [2.75, 3.05) is 13.2 Å². The van der Waals surface area contributed by atoms with Gasteiger partial charge in [-0.3, -0.25) is 10.1 Å². The number of carbonyl (C=O) groups excluding carboxylic acids is 3. The van der Waals surface area contributed by atoms with Crippen molar-refractivity contribution in [2.45, 2.75) is 58.9 Å². The molecule has 2 N–H and O–H groups in total. The third kappa shape index (κ3) is 5.95. The zero-order valence-electron chi connectivity index (χ0n) is 17.2. The molecule has 8 nitrogen and oxygen atoms in total. The van der Waals surface area contributed by atoms with Gasteiger partial charge in [0.05, 0.1) is 0 Å². The van der Waals surface area contributed by atoms with Crippen LogP contribution in [-0.4, -0.2) is 35.6 Å². The summed E-state index contributed by atoms with van der Waals surface area (Å²) in [7, 11) is 0. The SMILES string of the molecule is CCNC(=O)NC(=O)COC(=O)/C(C#N)=C/c1cc(C)n(C2CCCCC2)c1C. The fourth-order valence-electron chi connectivity index (χ4n) is 3.72. The number of esters is 1. The van der Waals surface area contributed by atoms with Gasteiger partial charge in [0.25, 0.3) is 5.91 Å². The highest BCUT2D eigenvalue weighted by atomic mass is 16.5. The summed E-state index contributed by atoms with van der Waals surface area (Å²) in [5.41, 5.74) is 2.68. The lowest BCUT2D eigenvalue weighted by Crippen LogP contribution is -2.41. The number of nitrogens with zero attached hydrogens (tertiary/aromatic N) is 2. The molecule has 1 aliphatic rings. The number of imide groups is 1. The number of carbonyl (C=O) groups is 3. The molecule has 0 aromatic carbocycles. The highest BCUT2D eigenvalue weighted by Crippen LogP contribution is 2.32. The van der Waals surface area contributed by atoms with Crippen molar-refractivity contribution >= 4 is 24.0 Å². The monoisotopic (exact) mass is 400 g/mol. The zero-order chi connectivity index (χ0) is 21.4. The van der Waals surface area contributed by atoms with E-state index >= 15 is 0 Å². The largest absolute Gasteiger partial charge is 0.451 e. The molecule has 0 unspecified atom stereocenters. The molecule has 0 saturated heterocycles. The Labute approximate surface area is 170 Å². The summed E-state index contributed by atoms with van der Waals surface area (Å²) in [5.74, 6) is -1.67. The molecular weight excluding hydrogens is 372 g/mol. The zero-order valence-corrected chi connectivity index (χ0v) is 17.2. The molecule has 3 amide bonds. The van der Waals surface area contributed by atoms with E-state index < -0.39 is 24.5 Å². The van der Waals surface area contributed by atoms with Crippen LogP contribution in [-0.2, 0) is 14.3 Å². The minimum absolute atomic E-state index is 0.195. The predicted octanol–water partition coefficient (Wildman–Crippen LogP) is 2.91. The quantitative estimate of drug-likeness (QED) is 0.433. The third-order valence-corrected chi connectivity index (χ3v) is 5.03. The number of urea groups is 1. The van der Waals surface area contributed by atoms with Gasteiger partial charge in [-0.1, -0.05) is 19.3 Å². The average Bonchev–Trinajstić information content (AvgIpc) is 2.98. The molecule has 1 aromatic rings. The minimum atomic E-state index is -0.902. The second-order valence-electron chi connectivity index (χ2n) is 7.14. The molecule has 0 radical (unpaired) electrons. The first kappa shape index (κ1) is 22.2. The Morgan fingerprint density at radius 2 is 1.97 bits per heavy atom. The molecule has 1 heterocycles. The van der Waals surface area contributed by atoms with Crippen LogP contribution >= 0.6 is 0 Å². The van der Waals surface area contributed by atoms with Crippen LogP contribution in [0.15, 0.2) is 11.6 Å². The molecular formula is C21H28N4O4. The lowest BCUT2D eigenvalue weighted by Gasteiger charge is -2.26. The van der Waals surface area contributed by atoms with Crippen molar-refractivity contribution in [3.8, 4) is 6.07 Å². The standard InChI is InChI=1S/C21H28N4O4/c1-4-23-21(28)24-19(26)13-29-20(27)17(12-22)11-16-10-14(2)25(15(16)3)18-8-6-5-7-9-18/h10-11,18H,4-9,13H2,1-3H3,(H2,23,24,26,28)/b17-11+. The van der Waals surface area contributed by atoms with Crippen LogP contribution in [0.2, 0.25) is 0 Å². The molecule has 0 spiro atoms. The summed E-state index contributed by atoms with van der Waals surface area (Å²) in [6.07, 6.45) is 7.44. The van der Waals surface area contributed by atoms with Gasteiger partial charge in [0, 0.05) is 24.0 Å². The lowest BCUT2D eigenvalue weighted by atomic mass is 9.95. The highest BCUT2D eigenvalue weighted by molar-refractivity contribution is 6.00. The normalized spacial score (nSPS) is 14.8. The molecule has 0 bridgehead atoms. The van der Waals surface area contributed by atoms with Gasteiger partial charge in [0.1, 0.15) is 11.6 Å². The van der Waals surface area contributed by atoms with Gasteiger partial charge in [-0.25, -0.2) is 9.59 Å². The molecule has 1 aliphatic carbocycles. The highest BCUT2D eigenvalue weighted by Gasteiger charge is 2.21. The van der Waals surface area contributed by atoms with E-state index in [0.29, 0.717) is 12.6 Å². The predicted molar refractivity (Wildman–Crippen MR) is 108 cm³/mol. The molecule has 1 fully saturated rings. The smallest absolute Gasteiger partial charge is 0.349 e. The van der Waals surface area contributed by atoms with E-state index in [1.54, 1.807) is 6.92 Å². The van der Waals surface area contributed by atoms with Crippen LogP contribution in [0.25, 0.3) is 6.08 Å². The van der Waals surface area contributed by atoms with Crippen molar-refractivity contribution in [1.82, 2.24) is 15.2 Å². The maximum atomic E-state index is 12.2. The summed E-state index contributed by atoms with van der Waals surface area (Å²) >= 11 is 0. The Morgan fingerprint density at radius 1 is 1.28 bits per heavy atom. The third-order valence-electron chi connectivity index (χ3n) is 5.03. The van der Waals surface area contributed by atoms with Crippen LogP contribution in [0.5, 0.6) is 0 Å². The summed E-state index contributed by atoms with van der Waals surface area (Å²) < 4.78 is 7.16. The topological polar surface area (TPSA) is 113 Å². The Bertz CT molecular complexity index is 842. The average molecular weight is 400 g/mol. The Morgan fingerprint density at radius 3 is 2.59 bits per heavy atom. The van der Waals surface area contributed by atoms with Gasteiger partial charge in [-0.05, 0) is 51.3 Å². The molecule has 0 aliphatic heterocycles. The number of ether oxygens (including phenoxy) is 1. The number of hydrogen-bond acceptors (Lipinski definition) is 5. The first-order valence-electron chi connectivity index (χ1n) is 9.92. The number of amides is 3. The minimum Gasteiger partial charge on any atom is -0.451 e. The fourth-order valence-corrected chi connectivity index (χ4v) is 3.72. The Hall–Kier alpha value is -3.08. The van der Waals surface area contributed by atoms with Crippen LogP contribution in [0.1, 0.15) is 62.0 Å². The molecule has 0 atom stereocenters. The van der Waals surface area contributed by atoms with Crippen molar-refractivity contribution in [2.24, 2.45) is 0 Å². The van der Waals surface area contributed by atoms with E-state index in [9.17, 15) is 19.6 Å². The Kier molecular flexibility index (Phi) is 8.01. The maximum absolute atomic E-state index is 12.2. The molecule has 1 saturated carbocycles. The van der Waals surface area contributed by atoms with Gasteiger partial charge >= 0.3 is 12.0 Å². The van der Waals surface area contributed by atoms with Crippen LogP contribution in [0.4, 0.5) is 4.79 Å². The molecule has 1 aromatic heterocycles. The van der Waals surface area contributed by atoms with Crippen LogP contribution in [0, 0.1) is 25.2 Å². The van der Waals surface area contributed by atoms with Crippen LogP contribution < -0.4 is 10.6 Å². The van der Waals surface area contributed by atoms with E-state index in [4.69, 9.17) is 4.74 Å². The number of hydrogen-bond donors (Lipinski definition) is 2. The molecule has 8 heteroatoms. The first-order valence-corrected chi connectivity index (χ1v) is 9.92. The summed E-state index contributed by atoms with van der Waals surface area (Å²) in [5, 5.41) is 13.8. The molecule has 29 heavy (non-hydrogen) atoms. The van der Waals surface area contributed by atoms with E-state index in [2.05, 4.69) is 9.88 Å². The van der Waals surface area contributed by atoms with Crippen LogP contribution in [0.3, 0.4) is 0 Å². The van der Waals surface area contributed by atoms with Crippen molar-refractivity contribution in [3.05, 3.63) is 28.6 Å². The fraction of sp³-hybridized carbons (Fsp3) is 0.524. The molecule has 156 valence electrons. The van der Waals surface area contributed by atoms with E-state index in [1.165, 1.54) is 25.3 Å². The van der Waals surface area contributed by atoms with Gasteiger partial charge in [0.15, 0.2) is 6.61 Å². The second-order valence-corrected chi connectivity index (χ2v) is 7.14. The van der Waals surface area contributed by atoms with E-state index in [-0.39, 0.29) is 5.57 Å². The van der Waals surface area contributed by atoms with Gasteiger partial charge < -0.3 is 14.6 Å². The number of aromatic nitrogens is 1. The maximum Gasteiger partial charge on any atom is 0.349 e. The lowest BCUT2D eigenvalue weighted by molar-refractivity contribution is -0.144. The van der Waals surface area contributed by atoms with Crippen molar-refractivity contribution in [1.29, 1.82) is 5.26 Å². The van der Waals surface area contributed by atoms with Crippen molar-refractivity contribution < 1.29 is 19.1 Å². The number of aryl methyl sites for hydroxylation is 1. The van der Waals surface area contributed by atoms with Gasteiger partial charge in [-0.15, -0.1) is 0 Å². The number of nitrogens with one attached hydrogen (secondary N) is 2. The summed E-state index contributed by atoms with van der Waals surface area (Å²) in [6, 6.07) is 3.57. The van der Waals surface area contributed by atoms with E-state index in [1.807, 2.05) is 31.3 Å².